The van der Waals surface area contributed by atoms with Crippen LogP contribution < -0.4 is 5.32 Å². The summed E-state index contributed by atoms with van der Waals surface area (Å²) >= 11 is 1.27. The van der Waals surface area contributed by atoms with Gasteiger partial charge in [0.25, 0.3) is 0 Å². The average molecular weight is 373 g/mol. The average Bonchev–Trinajstić information content (AvgIpc) is 2.68. The van der Waals surface area contributed by atoms with Crippen molar-refractivity contribution in [2.75, 3.05) is 11.1 Å². The first-order chi connectivity index (χ1) is 13.1. The predicted octanol–water partition coefficient (Wildman–Crippen LogP) is 4.97. The number of carbonyl (C=O) groups is 1. The lowest BCUT2D eigenvalue weighted by molar-refractivity contribution is -0.113. The number of benzene rings is 2. The second-order valence-corrected chi connectivity index (χ2v) is 7.14. The molecule has 27 heavy (non-hydrogen) atoms. The van der Waals surface area contributed by atoms with Crippen LogP contribution >= 0.6 is 11.8 Å². The molecule has 0 saturated carbocycles. The minimum absolute atomic E-state index is 0.124. The molecule has 4 nitrogen and oxygen atoms in total. The van der Waals surface area contributed by atoms with Gasteiger partial charge in [-0.2, -0.15) is 5.26 Å². The molecule has 0 radical (unpaired) electrons. The Labute approximate surface area is 163 Å². The fraction of sp³-hybridized carbons (Fsp3) is 0.136. The summed E-state index contributed by atoms with van der Waals surface area (Å²) in [5, 5.41) is 12.8. The monoisotopic (exact) mass is 373 g/mol. The van der Waals surface area contributed by atoms with Gasteiger partial charge in [0.15, 0.2) is 0 Å². The highest BCUT2D eigenvalue weighted by Gasteiger charge is 2.11. The zero-order chi connectivity index (χ0) is 19.2. The number of carbonyl (C=O) groups excluding carboxylic acids is 1. The van der Waals surface area contributed by atoms with Crippen molar-refractivity contribution in [1.82, 2.24) is 4.98 Å². The van der Waals surface area contributed by atoms with Crippen molar-refractivity contribution in [2.45, 2.75) is 18.9 Å². The van der Waals surface area contributed by atoms with Gasteiger partial charge in [-0.25, -0.2) is 4.98 Å². The summed E-state index contributed by atoms with van der Waals surface area (Å²) in [4.78, 5) is 16.9. The molecular weight excluding hydrogens is 354 g/mol. The number of para-hydroxylation sites is 1. The van der Waals surface area contributed by atoms with E-state index < -0.39 is 0 Å². The molecule has 0 aliphatic carbocycles. The number of nitrogens with zero attached hydrogens (tertiary/aromatic N) is 2. The number of thioether (sulfide) groups is 1. The summed E-state index contributed by atoms with van der Waals surface area (Å²) in [5.74, 6) is 0.0635. The number of rotatable bonds is 5. The summed E-state index contributed by atoms with van der Waals surface area (Å²) in [6.45, 7) is 3.98. The quantitative estimate of drug-likeness (QED) is 0.641. The van der Waals surface area contributed by atoms with E-state index in [-0.39, 0.29) is 11.7 Å². The Bertz CT molecular complexity index is 1010. The minimum atomic E-state index is -0.124. The molecule has 0 aliphatic rings. The number of aromatic nitrogens is 1. The molecule has 0 unspecified atom stereocenters. The maximum absolute atomic E-state index is 12.3. The third-order valence-electron chi connectivity index (χ3n) is 4.09. The Kier molecular flexibility index (Phi) is 5.90. The molecule has 5 heteroatoms. The Morgan fingerprint density at radius 1 is 1.07 bits per heavy atom. The SMILES string of the molecule is Cc1ccc(-c2ccc(C#N)c(SCC(=O)Nc3ccccc3C)n2)cc1. The van der Waals surface area contributed by atoms with Gasteiger partial charge in [-0.05, 0) is 37.6 Å². The van der Waals surface area contributed by atoms with Crippen molar-refractivity contribution < 1.29 is 4.79 Å². The molecule has 0 spiro atoms. The van der Waals surface area contributed by atoms with Crippen molar-refractivity contribution >= 4 is 23.4 Å². The van der Waals surface area contributed by atoms with Crippen LogP contribution in [0.25, 0.3) is 11.3 Å². The van der Waals surface area contributed by atoms with Crippen molar-refractivity contribution in [2.24, 2.45) is 0 Å². The summed E-state index contributed by atoms with van der Waals surface area (Å²) in [6.07, 6.45) is 0. The zero-order valence-corrected chi connectivity index (χ0v) is 16.0. The molecule has 2 aromatic carbocycles. The number of anilines is 1. The van der Waals surface area contributed by atoms with Gasteiger partial charge in [-0.1, -0.05) is 59.8 Å². The fourth-order valence-electron chi connectivity index (χ4n) is 2.55. The summed E-state index contributed by atoms with van der Waals surface area (Å²) in [6, 6.07) is 21.4. The molecule has 0 atom stereocenters. The van der Waals surface area contributed by atoms with Crippen LogP contribution in [-0.4, -0.2) is 16.6 Å². The van der Waals surface area contributed by atoms with E-state index in [1.54, 1.807) is 6.07 Å². The molecule has 0 saturated heterocycles. The largest absolute Gasteiger partial charge is 0.325 e. The third kappa shape index (κ3) is 4.75. The smallest absolute Gasteiger partial charge is 0.234 e. The van der Waals surface area contributed by atoms with E-state index in [1.807, 2.05) is 68.4 Å². The van der Waals surface area contributed by atoms with Gasteiger partial charge in [0.1, 0.15) is 11.1 Å². The van der Waals surface area contributed by atoms with Crippen LogP contribution in [0.1, 0.15) is 16.7 Å². The number of hydrogen-bond donors (Lipinski definition) is 1. The number of amides is 1. The van der Waals surface area contributed by atoms with Crippen LogP contribution in [0, 0.1) is 25.2 Å². The molecule has 0 bridgehead atoms. The maximum atomic E-state index is 12.3. The zero-order valence-electron chi connectivity index (χ0n) is 15.2. The normalized spacial score (nSPS) is 10.3. The van der Waals surface area contributed by atoms with Gasteiger partial charge >= 0.3 is 0 Å². The Morgan fingerprint density at radius 2 is 1.81 bits per heavy atom. The standard InChI is InChI=1S/C22H19N3OS/c1-15-7-9-17(10-8-15)20-12-11-18(13-23)22(25-20)27-14-21(26)24-19-6-4-3-5-16(19)2/h3-12H,14H2,1-2H3,(H,24,26). The number of aryl methyl sites for hydroxylation is 2. The molecule has 3 rings (SSSR count). The van der Waals surface area contributed by atoms with Crippen molar-refractivity contribution in [3.63, 3.8) is 0 Å². The molecule has 1 amide bonds. The van der Waals surface area contributed by atoms with Crippen LogP contribution in [0.3, 0.4) is 0 Å². The summed E-state index contributed by atoms with van der Waals surface area (Å²) < 4.78 is 0. The van der Waals surface area contributed by atoms with Crippen LogP contribution in [-0.2, 0) is 4.79 Å². The first kappa shape index (κ1) is 18.7. The molecule has 1 aromatic heterocycles. The van der Waals surface area contributed by atoms with E-state index in [0.717, 1.165) is 22.5 Å². The highest BCUT2D eigenvalue weighted by atomic mass is 32.2. The van der Waals surface area contributed by atoms with Gasteiger partial charge in [-0.15, -0.1) is 0 Å². The number of nitrogens with one attached hydrogen (secondary N) is 1. The molecular formula is C22H19N3OS. The van der Waals surface area contributed by atoms with Crippen LogP contribution in [0.2, 0.25) is 0 Å². The van der Waals surface area contributed by atoms with E-state index in [2.05, 4.69) is 16.4 Å². The van der Waals surface area contributed by atoms with Gasteiger partial charge in [-0.3, -0.25) is 4.79 Å². The van der Waals surface area contributed by atoms with Crippen molar-refractivity contribution in [3.05, 3.63) is 77.4 Å². The van der Waals surface area contributed by atoms with E-state index in [9.17, 15) is 10.1 Å². The molecule has 3 aromatic rings. The number of pyridine rings is 1. The summed E-state index contributed by atoms with van der Waals surface area (Å²) in [5.41, 5.74) is 5.22. The molecule has 134 valence electrons. The van der Waals surface area contributed by atoms with Crippen LogP contribution in [0.5, 0.6) is 0 Å². The first-order valence-corrected chi connectivity index (χ1v) is 9.52. The van der Waals surface area contributed by atoms with Crippen molar-refractivity contribution in [3.8, 4) is 17.3 Å². The van der Waals surface area contributed by atoms with Gasteiger partial charge < -0.3 is 5.32 Å². The number of nitriles is 1. The second-order valence-electron chi connectivity index (χ2n) is 6.18. The van der Waals surface area contributed by atoms with E-state index in [0.29, 0.717) is 10.6 Å². The summed E-state index contributed by atoms with van der Waals surface area (Å²) in [7, 11) is 0. The van der Waals surface area contributed by atoms with Crippen LogP contribution in [0.15, 0.2) is 65.7 Å². The first-order valence-electron chi connectivity index (χ1n) is 8.53. The van der Waals surface area contributed by atoms with E-state index >= 15 is 0 Å². The highest BCUT2D eigenvalue weighted by molar-refractivity contribution is 8.00. The van der Waals surface area contributed by atoms with Gasteiger partial charge in [0.2, 0.25) is 5.91 Å². The lowest BCUT2D eigenvalue weighted by Gasteiger charge is -2.09. The molecule has 1 N–H and O–H groups in total. The predicted molar refractivity (Wildman–Crippen MR) is 110 cm³/mol. The van der Waals surface area contributed by atoms with E-state index in [4.69, 9.17) is 0 Å². The maximum Gasteiger partial charge on any atom is 0.234 e. The Balaban J connectivity index is 1.74. The fourth-order valence-corrected chi connectivity index (χ4v) is 3.33. The Morgan fingerprint density at radius 3 is 2.52 bits per heavy atom. The number of hydrogen-bond acceptors (Lipinski definition) is 4. The third-order valence-corrected chi connectivity index (χ3v) is 5.08. The molecule has 0 aliphatic heterocycles. The van der Waals surface area contributed by atoms with E-state index in [1.165, 1.54) is 17.3 Å². The molecule has 1 heterocycles. The lowest BCUT2D eigenvalue weighted by Crippen LogP contribution is -2.15. The lowest BCUT2D eigenvalue weighted by atomic mass is 10.1. The minimum Gasteiger partial charge on any atom is -0.325 e. The van der Waals surface area contributed by atoms with Crippen LogP contribution in [0.4, 0.5) is 5.69 Å². The second kappa shape index (κ2) is 8.52. The van der Waals surface area contributed by atoms with Gasteiger partial charge in [0, 0.05) is 11.3 Å². The van der Waals surface area contributed by atoms with Crippen molar-refractivity contribution in [1.29, 1.82) is 5.26 Å². The highest BCUT2D eigenvalue weighted by Crippen LogP contribution is 2.26. The Hall–Kier alpha value is -3.10. The molecule has 0 fully saturated rings. The topological polar surface area (TPSA) is 65.8 Å². The van der Waals surface area contributed by atoms with Gasteiger partial charge in [0.05, 0.1) is 17.0 Å².